The molecular formula is C14H20ClN3O. The van der Waals surface area contributed by atoms with E-state index in [1.807, 2.05) is 4.90 Å². The maximum Gasteiger partial charge on any atom is 0.321 e. The molecule has 2 amide bonds. The number of nitrogens with zero attached hydrogens (tertiary/aromatic N) is 1. The van der Waals surface area contributed by atoms with Gasteiger partial charge in [-0.25, -0.2) is 4.79 Å². The summed E-state index contributed by atoms with van der Waals surface area (Å²) in [5, 5.41) is 3.56. The van der Waals surface area contributed by atoms with Crippen LogP contribution >= 0.6 is 11.6 Å². The van der Waals surface area contributed by atoms with Crippen LogP contribution in [0.15, 0.2) is 24.3 Å². The van der Waals surface area contributed by atoms with Gasteiger partial charge in [0.25, 0.3) is 0 Å². The third-order valence-electron chi connectivity index (χ3n) is 3.57. The molecule has 0 atom stereocenters. The van der Waals surface area contributed by atoms with Crippen LogP contribution in [-0.4, -0.2) is 30.6 Å². The smallest absolute Gasteiger partial charge is 0.321 e. The number of benzene rings is 1. The van der Waals surface area contributed by atoms with E-state index < -0.39 is 0 Å². The van der Waals surface area contributed by atoms with Crippen LogP contribution in [0.1, 0.15) is 19.3 Å². The number of halogens is 1. The van der Waals surface area contributed by atoms with E-state index in [-0.39, 0.29) is 6.03 Å². The maximum absolute atomic E-state index is 12.1. The molecule has 19 heavy (non-hydrogen) atoms. The van der Waals surface area contributed by atoms with Crippen LogP contribution in [0.5, 0.6) is 0 Å². The van der Waals surface area contributed by atoms with Crippen molar-refractivity contribution in [3.8, 4) is 0 Å². The summed E-state index contributed by atoms with van der Waals surface area (Å²) in [5.41, 5.74) is 6.34. The molecule has 0 spiro atoms. The van der Waals surface area contributed by atoms with Gasteiger partial charge in [-0.2, -0.15) is 0 Å². The van der Waals surface area contributed by atoms with E-state index in [1.54, 1.807) is 24.3 Å². The molecular weight excluding hydrogens is 262 g/mol. The van der Waals surface area contributed by atoms with Gasteiger partial charge in [0, 0.05) is 23.8 Å². The summed E-state index contributed by atoms with van der Waals surface area (Å²) in [6.45, 7) is 2.36. The summed E-state index contributed by atoms with van der Waals surface area (Å²) in [7, 11) is 0. The first kappa shape index (κ1) is 14.2. The molecule has 0 aromatic heterocycles. The number of nitrogens with two attached hydrogens (primary N) is 1. The minimum atomic E-state index is -0.0338. The second-order valence-electron chi connectivity index (χ2n) is 4.94. The molecule has 1 heterocycles. The van der Waals surface area contributed by atoms with E-state index in [2.05, 4.69) is 5.32 Å². The molecule has 0 bridgehead atoms. The summed E-state index contributed by atoms with van der Waals surface area (Å²) in [6.07, 6.45) is 3.16. The Balaban J connectivity index is 1.83. The van der Waals surface area contributed by atoms with Gasteiger partial charge in [-0.1, -0.05) is 11.6 Å². The maximum atomic E-state index is 12.1. The lowest BCUT2D eigenvalue weighted by molar-refractivity contribution is 0.180. The summed E-state index contributed by atoms with van der Waals surface area (Å²) in [6, 6.07) is 7.12. The molecule has 3 N–H and O–H groups in total. The van der Waals surface area contributed by atoms with Gasteiger partial charge in [0.15, 0.2) is 0 Å². The summed E-state index contributed by atoms with van der Waals surface area (Å²) >= 11 is 5.81. The standard InChI is InChI=1S/C14H20ClN3O/c15-12-1-3-13(4-2-12)17-14(19)18-9-6-11(5-8-16)7-10-18/h1-4,11H,5-10,16H2,(H,17,19). The highest BCUT2D eigenvalue weighted by Crippen LogP contribution is 2.21. The van der Waals surface area contributed by atoms with E-state index in [9.17, 15) is 4.79 Å². The predicted octanol–water partition coefficient (Wildman–Crippen LogP) is 2.93. The Bertz CT molecular complexity index is 413. The molecule has 0 saturated carbocycles. The second-order valence-corrected chi connectivity index (χ2v) is 5.38. The topological polar surface area (TPSA) is 58.4 Å². The van der Waals surface area contributed by atoms with Crippen LogP contribution in [0.3, 0.4) is 0 Å². The van der Waals surface area contributed by atoms with Gasteiger partial charge in [0.1, 0.15) is 0 Å². The van der Waals surface area contributed by atoms with Gasteiger partial charge in [0.2, 0.25) is 0 Å². The molecule has 1 aliphatic heterocycles. The van der Waals surface area contributed by atoms with Gasteiger partial charge < -0.3 is 16.0 Å². The zero-order valence-corrected chi connectivity index (χ0v) is 11.7. The lowest BCUT2D eigenvalue weighted by atomic mass is 9.94. The van der Waals surface area contributed by atoms with Crippen molar-refractivity contribution >= 4 is 23.3 Å². The van der Waals surface area contributed by atoms with E-state index >= 15 is 0 Å². The number of anilines is 1. The number of carbonyl (C=O) groups is 1. The Morgan fingerprint density at radius 2 is 1.95 bits per heavy atom. The van der Waals surface area contributed by atoms with E-state index in [4.69, 9.17) is 17.3 Å². The fourth-order valence-corrected chi connectivity index (χ4v) is 2.52. The molecule has 4 nitrogen and oxygen atoms in total. The molecule has 1 aliphatic rings. The van der Waals surface area contributed by atoms with Gasteiger partial charge in [-0.05, 0) is 56.0 Å². The first-order valence-electron chi connectivity index (χ1n) is 6.70. The second kappa shape index (κ2) is 6.78. The van der Waals surface area contributed by atoms with Crippen molar-refractivity contribution in [2.45, 2.75) is 19.3 Å². The number of piperidine rings is 1. The number of carbonyl (C=O) groups excluding carboxylic acids is 1. The Hall–Kier alpha value is -1.26. The fourth-order valence-electron chi connectivity index (χ4n) is 2.40. The van der Waals surface area contributed by atoms with Gasteiger partial charge in [-0.3, -0.25) is 0 Å². The quantitative estimate of drug-likeness (QED) is 0.895. The van der Waals surface area contributed by atoms with Crippen LogP contribution in [0, 0.1) is 5.92 Å². The minimum absolute atomic E-state index is 0.0338. The van der Waals surface area contributed by atoms with Crippen LogP contribution < -0.4 is 11.1 Å². The molecule has 104 valence electrons. The highest BCUT2D eigenvalue weighted by Gasteiger charge is 2.22. The lowest BCUT2D eigenvalue weighted by Gasteiger charge is -2.31. The molecule has 2 rings (SSSR count). The van der Waals surface area contributed by atoms with Crippen molar-refractivity contribution in [3.63, 3.8) is 0 Å². The number of likely N-dealkylation sites (tertiary alicyclic amines) is 1. The molecule has 1 fully saturated rings. The largest absolute Gasteiger partial charge is 0.330 e. The van der Waals surface area contributed by atoms with Crippen LogP contribution in [0.4, 0.5) is 10.5 Å². The summed E-state index contributed by atoms with van der Waals surface area (Å²) in [4.78, 5) is 13.9. The van der Waals surface area contributed by atoms with Crippen molar-refractivity contribution in [2.75, 3.05) is 25.0 Å². The van der Waals surface area contributed by atoms with Gasteiger partial charge >= 0.3 is 6.03 Å². The van der Waals surface area contributed by atoms with Crippen LogP contribution in [0.25, 0.3) is 0 Å². The SMILES string of the molecule is NCCC1CCN(C(=O)Nc2ccc(Cl)cc2)CC1. The lowest BCUT2D eigenvalue weighted by Crippen LogP contribution is -2.41. The van der Waals surface area contributed by atoms with Crippen molar-refractivity contribution in [1.82, 2.24) is 4.90 Å². The van der Waals surface area contributed by atoms with E-state index in [1.165, 1.54) is 0 Å². The monoisotopic (exact) mass is 281 g/mol. The van der Waals surface area contributed by atoms with Crippen molar-refractivity contribution in [2.24, 2.45) is 11.7 Å². The Labute approximate surface area is 118 Å². The zero-order valence-electron chi connectivity index (χ0n) is 10.9. The van der Waals surface area contributed by atoms with Gasteiger partial charge in [-0.15, -0.1) is 0 Å². The molecule has 1 aromatic carbocycles. The number of nitrogens with one attached hydrogen (secondary N) is 1. The number of hydrogen-bond donors (Lipinski definition) is 2. The Morgan fingerprint density at radius 3 is 2.53 bits per heavy atom. The first-order valence-corrected chi connectivity index (χ1v) is 7.08. The van der Waals surface area contributed by atoms with Crippen molar-refractivity contribution in [1.29, 1.82) is 0 Å². The third-order valence-corrected chi connectivity index (χ3v) is 3.82. The van der Waals surface area contributed by atoms with E-state index in [0.29, 0.717) is 10.9 Å². The molecule has 0 aliphatic carbocycles. The molecule has 0 radical (unpaired) electrons. The molecule has 5 heteroatoms. The average molecular weight is 282 g/mol. The number of amides is 2. The minimum Gasteiger partial charge on any atom is -0.330 e. The van der Waals surface area contributed by atoms with Crippen LogP contribution in [-0.2, 0) is 0 Å². The van der Waals surface area contributed by atoms with Crippen molar-refractivity contribution in [3.05, 3.63) is 29.3 Å². The number of hydrogen-bond acceptors (Lipinski definition) is 2. The molecule has 1 aromatic rings. The van der Waals surface area contributed by atoms with Crippen LogP contribution in [0.2, 0.25) is 5.02 Å². The first-order chi connectivity index (χ1) is 9.19. The third kappa shape index (κ3) is 4.11. The summed E-state index contributed by atoms with van der Waals surface area (Å²) < 4.78 is 0. The number of urea groups is 1. The summed E-state index contributed by atoms with van der Waals surface area (Å²) in [5.74, 6) is 0.671. The average Bonchev–Trinajstić information content (AvgIpc) is 2.42. The highest BCUT2D eigenvalue weighted by atomic mass is 35.5. The highest BCUT2D eigenvalue weighted by molar-refractivity contribution is 6.30. The van der Waals surface area contributed by atoms with E-state index in [0.717, 1.165) is 44.6 Å². The number of rotatable bonds is 3. The predicted molar refractivity (Wildman–Crippen MR) is 78.4 cm³/mol. The fraction of sp³-hybridized carbons (Fsp3) is 0.500. The normalized spacial score (nSPS) is 16.4. The van der Waals surface area contributed by atoms with Gasteiger partial charge in [0.05, 0.1) is 0 Å². The molecule has 1 saturated heterocycles. The molecule has 0 unspecified atom stereocenters. The zero-order chi connectivity index (χ0) is 13.7. The van der Waals surface area contributed by atoms with Crippen molar-refractivity contribution < 1.29 is 4.79 Å². The Kier molecular flexibility index (Phi) is 5.05. The Morgan fingerprint density at radius 1 is 1.32 bits per heavy atom.